The second-order valence-corrected chi connectivity index (χ2v) is 14.3. The maximum Gasteiger partial charge on any atom is 4.00 e. The van der Waals surface area contributed by atoms with Gasteiger partial charge in [-0.05, 0) is 24.7 Å². The third kappa shape index (κ3) is 7.23. The van der Waals surface area contributed by atoms with Gasteiger partial charge in [-0.25, -0.2) is 0 Å². The van der Waals surface area contributed by atoms with Crippen molar-refractivity contribution in [3.05, 3.63) is 46.6 Å². The summed E-state index contributed by atoms with van der Waals surface area (Å²) >= 11 is 0. The Bertz CT molecular complexity index is 1010. The summed E-state index contributed by atoms with van der Waals surface area (Å²) in [6.45, 7) is 17.6. The first-order chi connectivity index (χ1) is 20.0. The van der Waals surface area contributed by atoms with Crippen LogP contribution < -0.4 is 0 Å². The molecule has 0 amide bonds. The van der Waals surface area contributed by atoms with Gasteiger partial charge in [-0.3, -0.25) is 9.59 Å². The van der Waals surface area contributed by atoms with Crippen molar-refractivity contribution in [3.63, 3.8) is 0 Å². The SMILES string of the molecule is C=CC1C2CC3[N-]C(CC4[N-]C(CC5[N-]C(CC([N-]2)C1C)C(C)C5CCC(=O)O)C(CCC(=O)O)C4C)C(C=C)C3C.[Sn+4]. The summed E-state index contributed by atoms with van der Waals surface area (Å²) < 4.78 is 0. The van der Waals surface area contributed by atoms with E-state index in [0.29, 0.717) is 36.5 Å². The van der Waals surface area contributed by atoms with Gasteiger partial charge >= 0.3 is 35.8 Å². The number of hydrogen-bond donors (Lipinski definition) is 2. The van der Waals surface area contributed by atoms with Gasteiger partial charge in [-0.15, -0.1) is 61.5 Å². The van der Waals surface area contributed by atoms with Crippen molar-refractivity contribution in [2.75, 3.05) is 0 Å². The largest absolute Gasteiger partial charge is 4.00 e. The predicted molar refractivity (Wildman–Crippen MR) is 173 cm³/mol. The summed E-state index contributed by atoms with van der Waals surface area (Å²) in [6, 6.07) is 1.11. The van der Waals surface area contributed by atoms with Crippen molar-refractivity contribution < 1.29 is 19.8 Å². The van der Waals surface area contributed by atoms with Gasteiger partial charge in [0.1, 0.15) is 0 Å². The number of nitrogens with zero attached hydrogens (tertiary/aromatic N) is 4. The molecule has 16 atom stereocenters. The molecule has 43 heavy (non-hydrogen) atoms. The van der Waals surface area contributed by atoms with E-state index in [-0.39, 0.29) is 109 Å². The zero-order valence-electron chi connectivity index (χ0n) is 26.5. The Balaban J connectivity index is 0.00000423. The number of aliphatic carboxylic acids is 2. The normalized spacial score (nSPS) is 47.5. The molecule has 5 saturated heterocycles. The van der Waals surface area contributed by atoms with E-state index in [1.165, 1.54) is 0 Å². The molecule has 5 aliphatic heterocycles. The minimum atomic E-state index is -0.763. The summed E-state index contributed by atoms with van der Waals surface area (Å²) in [5, 5.41) is 40.8. The molecule has 0 aromatic rings. The predicted octanol–water partition coefficient (Wildman–Crippen LogP) is 6.79. The van der Waals surface area contributed by atoms with Crippen LogP contribution in [0.4, 0.5) is 0 Å². The number of carboxylic acids is 2. The van der Waals surface area contributed by atoms with Gasteiger partial charge in [-0.1, -0.05) is 101 Å². The molecular formula is C34H52N4O4Sn. The standard InChI is InChI=1S/C34H52N4O4.Sn/c1-7-21-17(3)25-13-26-19(5)23(9-11-33(39)40)31(37-26)16-32-24(10-12-34(41)42)20(6)28(38-32)15-30-22(8-2)18(4)27(36-30)14-29(21)35-25;/h7-8,17-32H,1-2,9-16H2,3-6H3,(H,39,40)(H,41,42);/q-4;+4. The number of hydrogen-bond acceptors (Lipinski definition) is 2. The molecule has 0 aromatic carbocycles. The van der Waals surface area contributed by atoms with Gasteiger partial charge in [-0.2, -0.15) is 0 Å². The van der Waals surface area contributed by atoms with Crippen LogP contribution in [0.1, 0.15) is 79.1 Å². The maximum absolute atomic E-state index is 11.6. The minimum Gasteiger partial charge on any atom is -0.656 e. The molecule has 5 fully saturated rings. The Hall–Kier alpha value is -0.941. The van der Waals surface area contributed by atoms with E-state index in [0.717, 1.165) is 25.7 Å². The van der Waals surface area contributed by atoms with E-state index in [9.17, 15) is 19.8 Å². The Morgan fingerprint density at radius 1 is 0.581 bits per heavy atom. The molecule has 0 spiro atoms. The number of carboxylic acid groups (broad SMARTS) is 2. The van der Waals surface area contributed by atoms with Gasteiger partial charge in [0.05, 0.1) is 0 Å². The summed E-state index contributed by atoms with van der Waals surface area (Å²) in [7, 11) is 0. The van der Waals surface area contributed by atoms with Crippen LogP contribution in [0.15, 0.2) is 25.3 Å². The summed E-state index contributed by atoms with van der Waals surface area (Å²) in [5.74, 6) is 0.799. The molecule has 5 heterocycles. The fourth-order valence-corrected chi connectivity index (χ4v) is 9.67. The van der Waals surface area contributed by atoms with E-state index in [4.69, 9.17) is 21.3 Å². The first-order valence-corrected chi connectivity index (χ1v) is 16.5. The average Bonchev–Trinajstić information content (AvgIpc) is 3.59. The molecule has 0 aliphatic carbocycles. The molecule has 0 aromatic heterocycles. The van der Waals surface area contributed by atoms with Crippen molar-refractivity contribution in [3.8, 4) is 0 Å². The van der Waals surface area contributed by atoms with Gasteiger partial charge in [0.15, 0.2) is 0 Å². The first-order valence-electron chi connectivity index (χ1n) is 16.5. The molecule has 5 aliphatic rings. The fraction of sp³-hybridized carbons (Fsp3) is 0.824. The molecular weight excluding hydrogens is 647 g/mol. The quantitative estimate of drug-likeness (QED) is 0.214. The van der Waals surface area contributed by atoms with Crippen LogP contribution >= 0.6 is 0 Å². The van der Waals surface area contributed by atoms with Crippen LogP contribution in [-0.4, -0.2) is 94.4 Å². The average molecular weight is 700 g/mol. The summed E-state index contributed by atoms with van der Waals surface area (Å²) in [4.78, 5) is 23.2. The van der Waals surface area contributed by atoms with Crippen LogP contribution in [0.25, 0.3) is 21.3 Å². The van der Waals surface area contributed by atoms with Crippen molar-refractivity contribution in [1.29, 1.82) is 0 Å². The maximum atomic E-state index is 11.6. The molecule has 0 saturated carbocycles. The van der Waals surface area contributed by atoms with Gasteiger partial charge in [0, 0.05) is 12.8 Å². The first kappa shape index (κ1) is 34.9. The van der Waals surface area contributed by atoms with Crippen molar-refractivity contribution in [1.82, 2.24) is 0 Å². The Morgan fingerprint density at radius 2 is 0.884 bits per heavy atom. The molecule has 2 N–H and O–H groups in total. The van der Waals surface area contributed by atoms with Crippen molar-refractivity contribution in [2.24, 2.45) is 47.3 Å². The Kier molecular flexibility index (Phi) is 11.9. The number of fused-ring (bicyclic) bond motifs is 8. The van der Waals surface area contributed by atoms with Crippen LogP contribution in [0.2, 0.25) is 0 Å². The third-order valence-electron chi connectivity index (χ3n) is 12.3. The van der Waals surface area contributed by atoms with Crippen LogP contribution in [0.5, 0.6) is 0 Å². The van der Waals surface area contributed by atoms with E-state index >= 15 is 0 Å². The molecule has 5 rings (SSSR count). The second kappa shape index (κ2) is 14.7. The van der Waals surface area contributed by atoms with Crippen molar-refractivity contribution >= 4 is 35.8 Å². The van der Waals surface area contributed by atoms with E-state index < -0.39 is 11.9 Å². The molecule has 8 bridgehead atoms. The van der Waals surface area contributed by atoms with Gasteiger partial charge in [0.25, 0.3) is 0 Å². The molecule has 16 unspecified atom stereocenters. The van der Waals surface area contributed by atoms with Crippen LogP contribution in [-0.2, 0) is 9.59 Å². The Morgan fingerprint density at radius 3 is 1.23 bits per heavy atom. The smallest absolute Gasteiger partial charge is 0.656 e. The summed E-state index contributed by atoms with van der Waals surface area (Å²) in [5.41, 5.74) is 0. The number of rotatable bonds is 8. The third-order valence-corrected chi connectivity index (χ3v) is 12.3. The van der Waals surface area contributed by atoms with Crippen molar-refractivity contribution in [2.45, 2.75) is 127 Å². The summed E-state index contributed by atoms with van der Waals surface area (Å²) in [6.07, 6.45) is 9.19. The topological polar surface area (TPSA) is 131 Å². The fourth-order valence-electron chi connectivity index (χ4n) is 9.67. The van der Waals surface area contributed by atoms with Crippen LogP contribution in [0, 0.1) is 47.3 Å². The zero-order valence-corrected chi connectivity index (χ0v) is 29.3. The Labute approximate surface area is 276 Å². The van der Waals surface area contributed by atoms with E-state index in [1.54, 1.807) is 0 Å². The number of carbonyl (C=O) groups is 2. The zero-order chi connectivity index (χ0) is 30.3. The molecule has 0 radical (unpaired) electrons. The van der Waals surface area contributed by atoms with Crippen LogP contribution in [0.3, 0.4) is 0 Å². The van der Waals surface area contributed by atoms with Gasteiger partial charge < -0.3 is 31.5 Å². The van der Waals surface area contributed by atoms with E-state index in [1.807, 2.05) is 0 Å². The molecule has 9 heteroatoms. The van der Waals surface area contributed by atoms with Gasteiger partial charge in [0.2, 0.25) is 0 Å². The molecule has 8 nitrogen and oxygen atoms in total. The minimum absolute atomic E-state index is 0. The molecule has 236 valence electrons. The second-order valence-electron chi connectivity index (χ2n) is 14.3. The monoisotopic (exact) mass is 700 g/mol. The van der Waals surface area contributed by atoms with E-state index in [2.05, 4.69) is 53.0 Å².